The SMILES string of the molecule is CC(C)(C)C1CCCS1.CC(C)(C)C1CCOCO1.CC(C)(C)C1CCSC1.CC(C)(C)C1COCO1.CC(C)(C)C1OCCCO1.CC(C)(C)C1OCCO1. The highest BCUT2D eigenvalue weighted by Crippen LogP contribution is 2.39. The van der Waals surface area contributed by atoms with Crippen LogP contribution in [0.25, 0.3) is 0 Å². The molecule has 6 rings (SSSR count). The van der Waals surface area contributed by atoms with Gasteiger partial charge in [0.15, 0.2) is 12.6 Å². The summed E-state index contributed by atoms with van der Waals surface area (Å²) in [6.07, 6.45) is 7.06. The minimum absolute atomic E-state index is 0.00116. The summed E-state index contributed by atoms with van der Waals surface area (Å²) >= 11 is 4.26. The molecule has 56 heavy (non-hydrogen) atoms. The third-order valence-corrected chi connectivity index (χ3v) is 13.4. The van der Waals surface area contributed by atoms with Crippen molar-refractivity contribution in [1.29, 1.82) is 0 Å². The molecule has 0 bridgehead atoms. The number of hydrogen-bond acceptors (Lipinski definition) is 10. The topological polar surface area (TPSA) is 73.8 Å². The van der Waals surface area contributed by atoms with Gasteiger partial charge in [0.1, 0.15) is 13.6 Å². The molecular formula is C46H92O8S2. The van der Waals surface area contributed by atoms with Gasteiger partial charge in [0.05, 0.1) is 51.8 Å². The Bertz CT molecular complexity index is 832. The maximum atomic E-state index is 5.42. The highest BCUT2D eigenvalue weighted by Gasteiger charge is 2.32. The van der Waals surface area contributed by atoms with Gasteiger partial charge in [-0.05, 0) is 76.9 Å². The lowest BCUT2D eigenvalue weighted by Crippen LogP contribution is -2.36. The van der Waals surface area contributed by atoms with Crippen molar-refractivity contribution in [3.8, 4) is 0 Å². The quantitative estimate of drug-likeness (QED) is 0.235. The Balaban J connectivity index is 0.000000336. The van der Waals surface area contributed by atoms with E-state index in [0.717, 1.165) is 63.7 Å². The van der Waals surface area contributed by atoms with Crippen LogP contribution in [0, 0.1) is 38.4 Å². The van der Waals surface area contributed by atoms with Crippen molar-refractivity contribution in [3.05, 3.63) is 0 Å². The molecule has 6 heterocycles. The van der Waals surface area contributed by atoms with Crippen LogP contribution in [0.2, 0.25) is 0 Å². The minimum Gasteiger partial charge on any atom is -0.355 e. The summed E-state index contributed by atoms with van der Waals surface area (Å²) in [7, 11) is 0. The lowest BCUT2D eigenvalue weighted by Gasteiger charge is -2.33. The average molecular weight is 837 g/mol. The maximum absolute atomic E-state index is 5.42. The van der Waals surface area contributed by atoms with E-state index in [1.54, 1.807) is 0 Å². The molecule has 0 aromatic carbocycles. The molecule has 0 spiro atoms. The first-order valence-electron chi connectivity index (χ1n) is 21.7. The van der Waals surface area contributed by atoms with Gasteiger partial charge >= 0.3 is 0 Å². The normalized spacial score (nSPS) is 26.9. The standard InChI is InChI=1S/2C8H16O2.2C8H16S.2C7H14O2/c1-8(2,3)7-4-5-9-6-10-7;1-8(2,3)7-9-5-4-6-10-7;1-8(2,3)7-4-5-9-6-7;1-8(2,3)7-5-4-6-9-7;1-7(2,3)6-4-8-5-9-6;1-7(2,3)6-8-4-5-9-6/h2*7H,4-6H2,1-3H3;2*7H,4-6H2,1-3H3;2*6H,4-5H2,1-3H3. The van der Waals surface area contributed by atoms with Gasteiger partial charge in [-0.1, -0.05) is 125 Å². The highest BCUT2D eigenvalue weighted by atomic mass is 32.2. The zero-order valence-corrected chi connectivity index (χ0v) is 41.5. The Kier molecular flexibility index (Phi) is 24.6. The van der Waals surface area contributed by atoms with Gasteiger partial charge < -0.3 is 37.9 Å². The fraction of sp³-hybridized carbons (Fsp3) is 1.00. The molecule has 0 aliphatic carbocycles. The van der Waals surface area contributed by atoms with Crippen LogP contribution in [0.4, 0.5) is 0 Å². The van der Waals surface area contributed by atoms with Crippen LogP contribution in [0.3, 0.4) is 0 Å². The van der Waals surface area contributed by atoms with Gasteiger partial charge in [-0.25, -0.2) is 0 Å². The molecule has 4 unspecified atom stereocenters. The van der Waals surface area contributed by atoms with Crippen LogP contribution in [0.5, 0.6) is 0 Å². The molecule has 0 radical (unpaired) electrons. The summed E-state index contributed by atoms with van der Waals surface area (Å²) < 4.78 is 42.3. The Labute approximate surface area is 355 Å². The largest absolute Gasteiger partial charge is 0.355 e. The summed E-state index contributed by atoms with van der Waals surface area (Å²) in [4.78, 5) is 0. The van der Waals surface area contributed by atoms with Crippen LogP contribution >= 0.6 is 23.5 Å². The number of ether oxygens (including phenoxy) is 8. The molecule has 0 saturated carbocycles. The second kappa shape index (κ2) is 25.3. The van der Waals surface area contributed by atoms with E-state index in [1.807, 2.05) is 0 Å². The maximum Gasteiger partial charge on any atom is 0.162 e. The molecule has 10 heteroatoms. The summed E-state index contributed by atoms with van der Waals surface area (Å²) in [5, 5.41) is 0.928. The molecule has 6 aliphatic rings. The molecule has 6 fully saturated rings. The highest BCUT2D eigenvalue weighted by molar-refractivity contribution is 8.00. The summed E-state index contributed by atoms with van der Waals surface area (Å²) in [6.45, 7) is 45.6. The zero-order valence-electron chi connectivity index (χ0n) is 39.9. The van der Waals surface area contributed by atoms with E-state index in [9.17, 15) is 0 Å². The molecule has 6 saturated heterocycles. The van der Waals surface area contributed by atoms with Crippen LogP contribution < -0.4 is 0 Å². The Hall–Kier alpha value is 0.380. The fourth-order valence-electron chi connectivity index (χ4n) is 6.30. The van der Waals surface area contributed by atoms with Crippen molar-refractivity contribution < 1.29 is 37.9 Å². The van der Waals surface area contributed by atoms with E-state index in [1.165, 1.54) is 36.5 Å². The van der Waals surface area contributed by atoms with E-state index >= 15 is 0 Å². The molecular weight excluding hydrogens is 745 g/mol. The molecule has 336 valence electrons. The van der Waals surface area contributed by atoms with Crippen LogP contribution in [-0.4, -0.2) is 101 Å². The molecule has 6 aliphatic heterocycles. The molecule has 8 nitrogen and oxygen atoms in total. The van der Waals surface area contributed by atoms with Gasteiger partial charge in [-0.15, -0.1) is 0 Å². The predicted octanol–water partition coefficient (Wildman–Crippen LogP) is 12.1. The zero-order chi connectivity index (χ0) is 42.8. The predicted molar refractivity (Wildman–Crippen MR) is 240 cm³/mol. The summed E-state index contributed by atoms with van der Waals surface area (Å²) in [5.41, 5.74) is 1.86. The fourth-order valence-corrected chi connectivity index (χ4v) is 9.32. The average Bonchev–Trinajstić information content (AvgIpc) is 3.94. The van der Waals surface area contributed by atoms with Crippen molar-refractivity contribution in [3.63, 3.8) is 0 Å². The number of thioether (sulfide) groups is 2. The minimum atomic E-state index is 0.00116. The molecule has 0 aromatic heterocycles. The van der Waals surface area contributed by atoms with E-state index in [2.05, 4.69) is 148 Å². The van der Waals surface area contributed by atoms with Gasteiger partial charge in [-0.3, -0.25) is 0 Å². The van der Waals surface area contributed by atoms with Gasteiger partial charge in [0.25, 0.3) is 0 Å². The van der Waals surface area contributed by atoms with Crippen molar-refractivity contribution in [1.82, 2.24) is 0 Å². The third kappa shape index (κ3) is 24.0. The first kappa shape index (κ1) is 54.4. The second-order valence-electron chi connectivity index (χ2n) is 22.4. The Morgan fingerprint density at radius 2 is 0.911 bits per heavy atom. The first-order chi connectivity index (χ1) is 25.6. The van der Waals surface area contributed by atoms with Crippen molar-refractivity contribution >= 4 is 23.5 Å². The number of hydrogen-bond donors (Lipinski definition) is 0. The smallest absolute Gasteiger partial charge is 0.162 e. The van der Waals surface area contributed by atoms with Crippen molar-refractivity contribution in [2.45, 2.75) is 187 Å². The summed E-state index contributed by atoms with van der Waals surface area (Å²) in [6, 6.07) is 0. The monoisotopic (exact) mass is 837 g/mol. The van der Waals surface area contributed by atoms with Crippen LogP contribution in [0.1, 0.15) is 157 Å². The van der Waals surface area contributed by atoms with Crippen LogP contribution in [-0.2, 0) is 37.9 Å². The van der Waals surface area contributed by atoms with Crippen LogP contribution in [0.15, 0.2) is 0 Å². The van der Waals surface area contributed by atoms with E-state index in [-0.39, 0.29) is 40.3 Å². The lowest BCUT2D eigenvalue weighted by molar-refractivity contribution is -0.224. The van der Waals surface area contributed by atoms with E-state index < -0.39 is 0 Å². The van der Waals surface area contributed by atoms with Gasteiger partial charge in [0.2, 0.25) is 0 Å². The van der Waals surface area contributed by atoms with Crippen molar-refractivity contribution in [2.75, 3.05) is 70.5 Å². The molecule has 0 N–H and O–H groups in total. The second-order valence-corrected chi connectivity index (χ2v) is 24.8. The Morgan fingerprint density at radius 3 is 1.16 bits per heavy atom. The van der Waals surface area contributed by atoms with Gasteiger partial charge in [-0.2, -0.15) is 23.5 Å². The molecule has 4 atom stereocenters. The van der Waals surface area contributed by atoms with E-state index in [4.69, 9.17) is 37.9 Å². The van der Waals surface area contributed by atoms with E-state index in [0.29, 0.717) is 30.5 Å². The van der Waals surface area contributed by atoms with Crippen molar-refractivity contribution in [2.24, 2.45) is 38.4 Å². The van der Waals surface area contributed by atoms with Gasteiger partial charge in [0, 0.05) is 16.1 Å². The third-order valence-electron chi connectivity index (χ3n) is 10.3. The lowest BCUT2D eigenvalue weighted by atomic mass is 9.81. The Morgan fingerprint density at radius 1 is 0.411 bits per heavy atom. The summed E-state index contributed by atoms with van der Waals surface area (Å²) in [5.74, 6) is 5.15. The first-order valence-corrected chi connectivity index (χ1v) is 23.9. The molecule has 0 amide bonds. The number of rotatable bonds is 0. The molecule has 0 aromatic rings.